The molecule has 10 nitrogen and oxygen atoms in total. The molecule has 12 heteroatoms. The maximum Gasteiger partial charge on any atom is 0.329 e. The van der Waals surface area contributed by atoms with Gasteiger partial charge in [0.2, 0.25) is 0 Å². The zero-order valence-electron chi connectivity index (χ0n) is 19.7. The van der Waals surface area contributed by atoms with E-state index in [0.29, 0.717) is 32.9 Å². The Morgan fingerprint density at radius 1 is 1.25 bits per heavy atom. The van der Waals surface area contributed by atoms with Crippen molar-refractivity contribution < 1.29 is 28.6 Å². The third kappa shape index (κ3) is 8.17. The fourth-order valence-electron chi connectivity index (χ4n) is 3.32. The number of carbonyl (C=O) groups excluding carboxylic acids is 3. The molecule has 2 aromatic rings. The summed E-state index contributed by atoms with van der Waals surface area (Å²) in [7, 11) is 1.48. The summed E-state index contributed by atoms with van der Waals surface area (Å²) in [5.41, 5.74) is 4.46. The number of aryl methyl sites for hydroxylation is 1. The Morgan fingerprint density at radius 2 is 2.06 bits per heavy atom. The topological polar surface area (TPSA) is 127 Å². The van der Waals surface area contributed by atoms with Gasteiger partial charge in [-0.3, -0.25) is 14.4 Å². The van der Waals surface area contributed by atoms with E-state index < -0.39 is 11.8 Å². The smallest absolute Gasteiger partial charge is 0.329 e. The van der Waals surface area contributed by atoms with Gasteiger partial charge >= 0.3 is 11.8 Å². The molecule has 0 bridgehead atoms. The van der Waals surface area contributed by atoms with E-state index in [4.69, 9.17) is 14.2 Å². The van der Waals surface area contributed by atoms with E-state index >= 15 is 0 Å². The number of nitrogens with one attached hydrogen (secondary N) is 3. The number of amides is 3. The molecule has 0 aromatic heterocycles. The molecule has 192 valence electrons. The highest BCUT2D eigenvalue weighted by Gasteiger charge is 2.19. The second-order valence-corrected chi connectivity index (χ2v) is 9.90. The summed E-state index contributed by atoms with van der Waals surface area (Å²) >= 11 is 5.48. The molecule has 36 heavy (non-hydrogen) atoms. The van der Waals surface area contributed by atoms with Gasteiger partial charge in [0, 0.05) is 23.3 Å². The monoisotopic (exact) mass is 672 g/mol. The second kappa shape index (κ2) is 13.6. The Morgan fingerprint density at radius 3 is 2.75 bits per heavy atom. The molecule has 1 heterocycles. The average Bonchev–Trinajstić information content (AvgIpc) is 3.37. The molecule has 1 aliphatic heterocycles. The molecule has 0 spiro atoms. The van der Waals surface area contributed by atoms with Gasteiger partial charge in [0.1, 0.15) is 0 Å². The van der Waals surface area contributed by atoms with Crippen molar-refractivity contribution in [3.8, 4) is 11.5 Å². The van der Waals surface area contributed by atoms with Gasteiger partial charge < -0.3 is 24.8 Å². The molecular weight excluding hydrogens is 647 g/mol. The number of hydrazone groups is 1. The Bertz CT molecular complexity index is 1150. The summed E-state index contributed by atoms with van der Waals surface area (Å²) in [6, 6.07) is 8.88. The second-order valence-electron chi connectivity index (χ2n) is 7.88. The van der Waals surface area contributed by atoms with Gasteiger partial charge in [-0.15, -0.1) is 0 Å². The van der Waals surface area contributed by atoms with Crippen LogP contribution in [0.4, 0.5) is 5.69 Å². The number of nitrogens with zero attached hydrogens (tertiary/aromatic N) is 1. The van der Waals surface area contributed by atoms with Crippen molar-refractivity contribution in [2.45, 2.75) is 25.9 Å². The first kappa shape index (κ1) is 27.9. The number of hydrogen-bond donors (Lipinski definition) is 3. The van der Waals surface area contributed by atoms with Crippen LogP contribution in [0.2, 0.25) is 0 Å². The Labute approximate surface area is 230 Å². The average molecular weight is 673 g/mol. The molecule has 2 aromatic carbocycles. The first-order chi connectivity index (χ1) is 17.3. The lowest BCUT2D eigenvalue weighted by atomic mass is 10.2. The first-order valence-corrected chi connectivity index (χ1v) is 12.9. The minimum atomic E-state index is -0.877. The van der Waals surface area contributed by atoms with Crippen molar-refractivity contribution in [1.82, 2.24) is 10.7 Å². The molecule has 0 aliphatic carbocycles. The predicted octanol–water partition coefficient (Wildman–Crippen LogP) is 3.13. The quantitative estimate of drug-likeness (QED) is 0.163. The third-order valence-corrected chi connectivity index (χ3v) is 6.83. The van der Waals surface area contributed by atoms with Gasteiger partial charge in [-0.2, -0.15) is 5.10 Å². The zero-order chi connectivity index (χ0) is 26.1. The van der Waals surface area contributed by atoms with Gasteiger partial charge in [0.15, 0.2) is 18.1 Å². The third-order valence-electron chi connectivity index (χ3n) is 5.14. The predicted molar refractivity (Wildman–Crippen MR) is 146 cm³/mol. The number of benzene rings is 2. The molecule has 1 saturated heterocycles. The van der Waals surface area contributed by atoms with Crippen molar-refractivity contribution in [2.24, 2.45) is 5.10 Å². The van der Waals surface area contributed by atoms with E-state index in [1.807, 2.05) is 19.1 Å². The van der Waals surface area contributed by atoms with E-state index in [2.05, 4.69) is 59.7 Å². The first-order valence-electron chi connectivity index (χ1n) is 11.1. The number of methoxy groups -OCH3 is 1. The molecule has 1 fully saturated rings. The van der Waals surface area contributed by atoms with E-state index in [9.17, 15) is 14.4 Å². The van der Waals surface area contributed by atoms with Crippen LogP contribution in [0.1, 0.15) is 24.0 Å². The van der Waals surface area contributed by atoms with E-state index in [1.165, 1.54) is 13.3 Å². The number of ether oxygens (including phenoxy) is 3. The van der Waals surface area contributed by atoms with E-state index in [0.717, 1.165) is 22.9 Å². The summed E-state index contributed by atoms with van der Waals surface area (Å²) in [6.07, 6.45) is 3.12. The number of anilines is 1. The van der Waals surface area contributed by atoms with Gasteiger partial charge in [0.25, 0.3) is 5.91 Å². The maximum absolute atomic E-state index is 12.3. The van der Waals surface area contributed by atoms with Gasteiger partial charge in [0.05, 0.1) is 23.0 Å². The molecule has 1 aliphatic rings. The van der Waals surface area contributed by atoms with Crippen LogP contribution in [0.25, 0.3) is 0 Å². The molecule has 3 N–H and O–H groups in total. The Kier molecular flexibility index (Phi) is 10.5. The van der Waals surface area contributed by atoms with Crippen LogP contribution in [-0.4, -0.2) is 56.9 Å². The van der Waals surface area contributed by atoms with Crippen molar-refractivity contribution in [2.75, 3.05) is 32.2 Å². The Hall–Kier alpha value is -2.71. The van der Waals surface area contributed by atoms with Crippen molar-refractivity contribution in [3.05, 3.63) is 49.5 Å². The number of hydrogen-bond acceptors (Lipinski definition) is 7. The van der Waals surface area contributed by atoms with Crippen LogP contribution in [-0.2, 0) is 19.1 Å². The molecule has 1 atom stereocenters. The molecule has 0 unspecified atom stereocenters. The highest BCUT2D eigenvalue weighted by atomic mass is 127. The van der Waals surface area contributed by atoms with Crippen LogP contribution < -0.4 is 25.5 Å². The van der Waals surface area contributed by atoms with Crippen molar-refractivity contribution in [1.29, 1.82) is 0 Å². The van der Waals surface area contributed by atoms with Gasteiger partial charge in [-0.25, -0.2) is 5.43 Å². The highest BCUT2D eigenvalue weighted by molar-refractivity contribution is 14.1. The zero-order valence-corrected chi connectivity index (χ0v) is 23.5. The van der Waals surface area contributed by atoms with Crippen LogP contribution in [0, 0.1) is 10.5 Å². The highest BCUT2D eigenvalue weighted by Crippen LogP contribution is 2.33. The van der Waals surface area contributed by atoms with Crippen LogP contribution in [0.5, 0.6) is 11.5 Å². The van der Waals surface area contributed by atoms with Crippen LogP contribution >= 0.6 is 38.5 Å². The summed E-state index contributed by atoms with van der Waals surface area (Å²) in [6.45, 7) is 2.67. The molecule has 3 rings (SSSR count). The summed E-state index contributed by atoms with van der Waals surface area (Å²) in [4.78, 5) is 36.2. The lowest BCUT2D eigenvalue weighted by Gasteiger charge is -2.14. The fourth-order valence-corrected chi connectivity index (χ4v) is 4.35. The summed E-state index contributed by atoms with van der Waals surface area (Å²) < 4.78 is 18.1. The molecule has 0 radical (unpaired) electrons. The van der Waals surface area contributed by atoms with E-state index in [1.54, 1.807) is 18.2 Å². The molecule has 3 amide bonds. The standard InChI is InChI=1S/C24H26BrIN4O6/c1-14-8-16(5-6-18(14)25)29-21(31)13-36-22-19(26)9-15(10-20(22)34-2)11-28-30-24(33)23(32)27-12-17-4-3-7-35-17/h5-6,8-11,17H,3-4,7,12-13H2,1-2H3,(H,27,32)(H,29,31)(H,30,33)/b28-11-/t17-/m0/s1. The minimum absolute atomic E-state index is 0.0587. The van der Waals surface area contributed by atoms with Crippen molar-refractivity contribution >= 4 is 68.1 Å². The number of rotatable bonds is 9. The minimum Gasteiger partial charge on any atom is -0.493 e. The van der Waals surface area contributed by atoms with Crippen LogP contribution in [0.3, 0.4) is 0 Å². The molecular formula is C24H26BrIN4O6. The lowest BCUT2D eigenvalue weighted by molar-refractivity contribution is -0.139. The Balaban J connectivity index is 1.53. The van der Waals surface area contributed by atoms with Gasteiger partial charge in [-0.05, 0) is 83.8 Å². The normalized spacial score (nSPS) is 14.9. The fraction of sp³-hybridized carbons (Fsp3) is 0.333. The lowest BCUT2D eigenvalue weighted by Crippen LogP contribution is -2.41. The van der Waals surface area contributed by atoms with E-state index in [-0.39, 0.29) is 25.2 Å². The SMILES string of the molecule is COc1cc(/C=N\NC(=O)C(=O)NC[C@@H]2CCCO2)cc(I)c1OCC(=O)Nc1ccc(Br)c(C)c1. The number of halogens is 2. The largest absolute Gasteiger partial charge is 0.493 e. The summed E-state index contributed by atoms with van der Waals surface area (Å²) in [5, 5.41) is 9.16. The number of carbonyl (C=O) groups is 3. The summed E-state index contributed by atoms with van der Waals surface area (Å²) in [5.74, 6) is -1.19. The maximum atomic E-state index is 12.3. The van der Waals surface area contributed by atoms with Crippen LogP contribution in [0.15, 0.2) is 39.9 Å². The molecule has 0 saturated carbocycles. The van der Waals surface area contributed by atoms with Gasteiger partial charge in [-0.1, -0.05) is 15.9 Å². The van der Waals surface area contributed by atoms with Crippen molar-refractivity contribution in [3.63, 3.8) is 0 Å².